The number of hydrogen-bond donors (Lipinski definition) is 1. The Bertz CT molecular complexity index is 592. The van der Waals surface area contributed by atoms with Crippen LogP contribution in [0.25, 0.3) is 0 Å². The average molecular weight is 283 g/mol. The van der Waals surface area contributed by atoms with Crippen LogP contribution in [0.15, 0.2) is 42.5 Å². The van der Waals surface area contributed by atoms with Gasteiger partial charge in [0, 0.05) is 11.6 Å². The molecule has 1 atom stereocenters. The minimum Gasteiger partial charge on any atom is -0.457 e. The van der Waals surface area contributed by atoms with Gasteiger partial charge in [-0.25, -0.2) is 0 Å². The molecule has 0 bridgehead atoms. The second-order valence-electron chi connectivity index (χ2n) is 5.58. The van der Waals surface area contributed by atoms with Crippen LogP contribution < -0.4 is 10.1 Å². The molecule has 0 spiro atoms. The number of rotatable bonds is 6. The molecule has 112 valence electrons. The third-order valence-corrected chi connectivity index (χ3v) is 3.64. The first-order valence-corrected chi connectivity index (χ1v) is 7.69. The molecule has 1 unspecified atom stereocenters. The summed E-state index contributed by atoms with van der Waals surface area (Å²) in [6.07, 6.45) is 1.13. The second-order valence-corrected chi connectivity index (χ2v) is 5.58. The van der Waals surface area contributed by atoms with Crippen molar-refractivity contribution in [1.82, 2.24) is 5.32 Å². The topological polar surface area (TPSA) is 21.3 Å². The molecule has 0 aliphatic rings. The van der Waals surface area contributed by atoms with Gasteiger partial charge < -0.3 is 10.1 Å². The maximum atomic E-state index is 6.16. The van der Waals surface area contributed by atoms with Crippen molar-refractivity contribution < 1.29 is 4.74 Å². The summed E-state index contributed by atoms with van der Waals surface area (Å²) < 4.78 is 6.16. The van der Waals surface area contributed by atoms with E-state index in [0.717, 1.165) is 24.5 Å². The number of benzene rings is 2. The average Bonchev–Trinajstić information content (AvgIpc) is 2.48. The van der Waals surface area contributed by atoms with E-state index in [1.807, 2.05) is 18.2 Å². The van der Waals surface area contributed by atoms with Gasteiger partial charge in [-0.05, 0) is 51.4 Å². The van der Waals surface area contributed by atoms with Crippen LogP contribution in [-0.4, -0.2) is 6.54 Å². The highest BCUT2D eigenvalue weighted by Crippen LogP contribution is 2.31. The van der Waals surface area contributed by atoms with Crippen molar-refractivity contribution in [2.24, 2.45) is 0 Å². The third-order valence-electron chi connectivity index (χ3n) is 3.64. The molecule has 0 heterocycles. The van der Waals surface area contributed by atoms with Gasteiger partial charge in [0.05, 0.1) is 0 Å². The minimum absolute atomic E-state index is 0.284. The lowest BCUT2D eigenvalue weighted by molar-refractivity contribution is 0.458. The van der Waals surface area contributed by atoms with E-state index in [9.17, 15) is 0 Å². The molecule has 2 rings (SSSR count). The van der Waals surface area contributed by atoms with Gasteiger partial charge in [-0.1, -0.05) is 42.8 Å². The third kappa shape index (κ3) is 4.08. The lowest BCUT2D eigenvalue weighted by atomic mass is 10.1. The van der Waals surface area contributed by atoms with Gasteiger partial charge in [-0.3, -0.25) is 0 Å². The van der Waals surface area contributed by atoms with E-state index in [0.29, 0.717) is 0 Å². The first-order valence-electron chi connectivity index (χ1n) is 7.69. The van der Waals surface area contributed by atoms with Gasteiger partial charge in [-0.15, -0.1) is 0 Å². The zero-order valence-corrected chi connectivity index (χ0v) is 13.4. The molecule has 0 saturated carbocycles. The van der Waals surface area contributed by atoms with Crippen molar-refractivity contribution in [1.29, 1.82) is 0 Å². The van der Waals surface area contributed by atoms with Crippen LogP contribution in [0.2, 0.25) is 0 Å². The summed E-state index contributed by atoms with van der Waals surface area (Å²) in [5, 5.41) is 3.52. The van der Waals surface area contributed by atoms with Crippen molar-refractivity contribution in [2.75, 3.05) is 6.54 Å². The van der Waals surface area contributed by atoms with Crippen molar-refractivity contribution in [3.63, 3.8) is 0 Å². The zero-order valence-electron chi connectivity index (χ0n) is 13.4. The Hall–Kier alpha value is -1.80. The summed E-state index contributed by atoms with van der Waals surface area (Å²) in [6, 6.07) is 14.8. The van der Waals surface area contributed by atoms with Gasteiger partial charge in [0.1, 0.15) is 11.5 Å². The standard InChI is InChI=1S/C19H25NO/c1-5-12-20-16(4)17-8-6-7-9-19(17)21-18-11-10-14(2)13-15(18)3/h6-11,13,16,20H,5,12H2,1-4H3. The van der Waals surface area contributed by atoms with Crippen LogP contribution in [0.1, 0.15) is 43.0 Å². The van der Waals surface area contributed by atoms with Crippen molar-refractivity contribution in [3.05, 3.63) is 59.2 Å². The smallest absolute Gasteiger partial charge is 0.132 e. The van der Waals surface area contributed by atoms with Crippen molar-refractivity contribution in [3.8, 4) is 11.5 Å². The Morgan fingerprint density at radius 1 is 1.05 bits per heavy atom. The molecule has 2 aromatic rings. The minimum atomic E-state index is 0.284. The van der Waals surface area contributed by atoms with Crippen LogP contribution >= 0.6 is 0 Å². The fourth-order valence-corrected chi connectivity index (χ4v) is 2.43. The van der Waals surface area contributed by atoms with Crippen LogP contribution in [0.5, 0.6) is 11.5 Å². The van der Waals surface area contributed by atoms with Gasteiger partial charge in [0.25, 0.3) is 0 Å². The second kappa shape index (κ2) is 7.28. The molecule has 0 radical (unpaired) electrons. The predicted octanol–water partition coefficient (Wildman–Crippen LogP) is 5.16. The van der Waals surface area contributed by atoms with Crippen molar-refractivity contribution >= 4 is 0 Å². The highest BCUT2D eigenvalue weighted by Gasteiger charge is 2.12. The number of aryl methyl sites for hydroxylation is 2. The normalized spacial score (nSPS) is 12.2. The predicted molar refractivity (Wildman–Crippen MR) is 89.1 cm³/mol. The molecule has 0 aliphatic heterocycles. The Balaban J connectivity index is 2.23. The van der Waals surface area contributed by atoms with Crippen LogP contribution in [-0.2, 0) is 0 Å². The quantitative estimate of drug-likeness (QED) is 0.791. The summed E-state index contributed by atoms with van der Waals surface area (Å²) in [5.41, 5.74) is 3.62. The Morgan fingerprint density at radius 2 is 1.81 bits per heavy atom. The summed E-state index contributed by atoms with van der Waals surface area (Å²) in [5.74, 6) is 1.86. The maximum Gasteiger partial charge on any atom is 0.132 e. The van der Waals surface area contributed by atoms with Crippen LogP contribution in [0.4, 0.5) is 0 Å². The van der Waals surface area contributed by atoms with Crippen LogP contribution in [0.3, 0.4) is 0 Å². The lowest BCUT2D eigenvalue weighted by Crippen LogP contribution is -2.19. The maximum absolute atomic E-state index is 6.16. The zero-order chi connectivity index (χ0) is 15.2. The van der Waals surface area contributed by atoms with Gasteiger partial charge in [0.15, 0.2) is 0 Å². The summed E-state index contributed by atoms with van der Waals surface area (Å²) in [6.45, 7) is 9.56. The first-order chi connectivity index (χ1) is 10.1. The monoisotopic (exact) mass is 283 g/mol. The molecule has 0 aromatic heterocycles. The van der Waals surface area contributed by atoms with E-state index in [1.165, 1.54) is 16.7 Å². The molecule has 21 heavy (non-hydrogen) atoms. The molecule has 0 amide bonds. The van der Waals surface area contributed by atoms with E-state index in [2.05, 4.69) is 57.3 Å². The molecule has 2 aromatic carbocycles. The van der Waals surface area contributed by atoms with E-state index < -0.39 is 0 Å². The molecule has 0 fully saturated rings. The van der Waals surface area contributed by atoms with Gasteiger partial charge >= 0.3 is 0 Å². The van der Waals surface area contributed by atoms with E-state index in [-0.39, 0.29) is 6.04 Å². The first kappa shape index (κ1) is 15.6. The largest absolute Gasteiger partial charge is 0.457 e. The highest BCUT2D eigenvalue weighted by molar-refractivity contribution is 5.43. The Kier molecular flexibility index (Phi) is 5.40. The summed E-state index contributed by atoms with van der Waals surface area (Å²) >= 11 is 0. The lowest BCUT2D eigenvalue weighted by Gasteiger charge is -2.18. The van der Waals surface area contributed by atoms with E-state index >= 15 is 0 Å². The molecular formula is C19H25NO. The number of ether oxygens (including phenoxy) is 1. The highest BCUT2D eigenvalue weighted by atomic mass is 16.5. The number of nitrogens with one attached hydrogen (secondary N) is 1. The molecule has 0 aliphatic carbocycles. The molecule has 1 N–H and O–H groups in total. The van der Waals surface area contributed by atoms with E-state index in [1.54, 1.807) is 0 Å². The summed E-state index contributed by atoms with van der Waals surface area (Å²) in [7, 11) is 0. The Labute approximate surface area is 128 Å². The molecule has 2 heteroatoms. The van der Waals surface area contributed by atoms with E-state index in [4.69, 9.17) is 4.74 Å². The number of para-hydroxylation sites is 1. The molecule has 0 saturated heterocycles. The SMILES string of the molecule is CCCNC(C)c1ccccc1Oc1ccc(C)cc1C. The number of hydrogen-bond acceptors (Lipinski definition) is 2. The molecular weight excluding hydrogens is 258 g/mol. The fraction of sp³-hybridized carbons (Fsp3) is 0.368. The Morgan fingerprint density at radius 3 is 2.52 bits per heavy atom. The molecule has 2 nitrogen and oxygen atoms in total. The van der Waals surface area contributed by atoms with Crippen LogP contribution in [0, 0.1) is 13.8 Å². The van der Waals surface area contributed by atoms with Gasteiger partial charge in [-0.2, -0.15) is 0 Å². The fourth-order valence-electron chi connectivity index (χ4n) is 2.43. The van der Waals surface area contributed by atoms with Gasteiger partial charge in [0.2, 0.25) is 0 Å². The summed E-state index contributed by atoms with van der Waals surface area (Å²) in [4.78, 5) is 0. The van der Waals surface area contributed by atoms with Crippen molar-refractivity contribution in [2.45, 2.75) is 40.2 Å².